The number of morpholine rings is 1. The first-order valence-corrected chi connectivity index (χ1v) is 7.95. The van der Waals surface area contributed by atoms with Gasteiger partial charge in [0.15, 0.2) is 0 Å². The highest BCUT2D eigenvalue weighted by Crippen LogP contribution is 2.38. The maximum Gasteiger partial charge on any atom is 0.251 e. The third-order valence-electron chi connectivity index (χ3n) is 4.66. The number of hydrogen-bond acceptors (Lipinski definition) is 3. The Labute approximate surface area is 126 Å². The van der Waals surface area contributed by atoms with Crippen molar-refractivity contribution in [2.75, 3.05) is 26.7 Å². The van der Waals surface area contributed by atoms with Crippen molar-refractivity contribution in [3.05, 3.63) is 34.9 Å². The summed E-state index contributed by atoms with van der Waals surface area (Å²) in [5.74, 6) is -0.0267. The molecular formula is C17H24N2O2. The summed E-state index contributed by atoms with van der Waals surface area (Å²) in [6, 6.07) is 6.51. The van der Waals surface area contributed by atoms with Crippen molar-refractivity contribution in [2.24, 2.45) is 0 Å². The molecule has 4 heteroatoms. The Morgan fingerprint density at radius 3 is 3.10 bits per heavy atom. The van der Waals surface area contributed by atoms with Gasteiger partial charge in [-0.3, -0.25) is 9.69 Å². The van der Waals surface area contributed by atoms with Crippen LogP contribution in [0.2, 0.25) is 0 Å². The predicted molar refractivity (Wildman–Crippen MR) is 82.5 cm³/mol. The van der Waals surface area contributed by atoms with E-state index in [2.05, 4.69) is 23.2 Å². The lowest BCUT2D eigenvalue weighted by atomic mass is 9.83. The molecule has 114 valence electrons. The number of ether oxygens (including phenoxy) is 1. The fraction of sp³-hybridized carbons (Fsp3) is 0.588. The molecule has 0 bridgehead atoms. The Bertz CT molecular complexity index is 528. The summed E-state index contributed by atoms with van der Waals surface area (Å²) in [6.07, 6.45) is 3.53. The van der Waals surface area contributed by atoms with Gasteiger partial charge in [-0.1, -0.05) is 13.0 Å². The van der Waals surface area contributed by atoms with Crippen molar-refractivity contribution < 1.29 is 9.53 Å². The number of aryl methyl sites for hydroxylation is 1. The number of rotatable bonds is 3. The smallest absolute Gasteiger partial charge is 0.251 e. The summed E-state index contributed by atoms with van der Waals surface area (Å²) in [4.78, 5) is 14.4. The Kier molecular flexibility index (Phi) is 4.27. The fourth-order valence-electron chi connectivity index (χ4n) is 3.64. The van der Waals surface area contributed by atoms with Gasteiger partial charge < -0.3 is 10.1 Å². The van der Waals surface area contributed by atoms with E-state index in [1.807, 2.05) is 12.1 Å². The zero-order valence-electron chi connectivity index (χ0n) is 12.9. The van der Waals surface area contributed by atoms with Gasteiger partial charge in [0.25, 0.3) is 5.91 Å². The molecular weight excluding hydrogens is 264 g/mol. The van der Waals surface area contributed by atoms with E-state index in [0.717, 1.165) is 38.1 Å². The Morgan fingerprint density at radius 1 is 1.48 bits per heavy atom. The summed E-state index contributed by atoms with van der Waals surface area (Å²) in [5, 5.41) is 2.70. The maximum atomic E-state index is 11.9. The van der Waals surface area contributed by atoms with E-state index in [9.17, 15) is 4.79 Å². The van der Waals surface area contributed by atoms with Gasteiger partial charge in [-0.2, -0.15) is 0 Å². The van der Waals surface area contributed by atoms with Crippen LogP contribution in [0.1, 0.15) is 47.4 Å². The first-order chi connectivity index (χ1) is 10.2. The highest BCUT2D eigenvalue weighted by Gasteiger charge is 2.37. The van der Waals surface area contributed by atoms with E-state index in [1.165, 1.54) is 17.5 Å². The van der Waals surface area contributed by atoms with Crippen molar-refractivity contribution in [1.82, 2.24) is 10.2 Å². The minimum atomic E-state index is -0.0267. The molecule has 2 atom stereocenters. The molecule has 0 radical (unpaired) electrons. The van der Waals surface area contributed by atoms with E-state index in [0.29, 0.717) is 6.04 Å². The van der Waals surface area contributed by atoms with Crippen LogP contribution < -0.4 is 5.32 Å². The lowest BCUT2D eigenvalue weighted by Gasteiger charge is -2.44. The molecule has 1 amide bonds. The molecule has 4 nitrogen and oxygen atoms in total. The van der Waals surface area contributed by atoms with Gasteiger partial charge in [0, 0.05) is 25.2 Å². The molecule has 0 spiro atoms. The molecule has 21 heavy (non-hydrogen) atoms. The van der Waals surface area contributed by atoms with E-state index in [-0.39, 0.29) is 12.0 Å². The van der Waals surface area contributed by atoms with Crippen LogP contribution in [0, 0.1) is 0 Å². The second kappa shape index (κ2) is 6.16. The number of nitrogens with zero attached hydrogens (tertiary/aromatic N) is 1. The van der Waals surface area contributed by atoms with Crippen LogP contribution in [-0.4, -0.2) is 43.6 Å². The van der Waals surface area contributed by atoms with Crippen LogP contribution in [0.5, 0.6) is 0 Å². The average molecular weight is 288 g/mol. The van der Waals surface area contributed by atoms with Crippen molar-refractivity contribution >= 4 is 5.91 Å². The van der Waals surface area contributed by atoms with Gasteiger partial charge in [-0.05, 0) is 49.1 Å². The highest BCUT2D eigenvalue weighted by molar-refractivity contribution is 5.94. The predicted octanol–water partition coefficient (Wildman–Crippen LogP) is 2.14. The van der Waals surface area contributed by atoms with Crippen molar-refractivity contribution in [1.29, 1.82) is 0 Å². The number of hydrogen-bond donors (Lipinski definition) is 1. The Hall–Kier alpha value is -1.39. The van der Waals surface area contributed by atoms with Gasteiger partial charge in [-0.25, -0.2) is 0 Å². The topological polar surface area (TPSA) is 41.6 Å². The third-order valence-corrected chi connectivity index (χ3v) is 4.66. The number of carbonyl (C=O) groups is 1. The van der Waals surface area contributed by atoms with Crippen LogP contribution in [0.25, 0.3) is 0 Å². The highest BCUT2D eigenvalue weighted by atomic mass is 16.5. The molecule has 1 heterocycles. The van der Waals surface area contributed by atoms with Gasteiger partial charge in [0.2, 0.25) is 0 Å². The molecule has 2 aliphatic rings. The summed E-state index contributed by atoms with van der Waals surface area (Å²) in [6.45, 7) is 5.17. The first-order valence-electron chi connectivity index (χ1n) is 7.95. The molecule has 0 saturated carbocycles. The van der Waals surface area contributed by atoms with Crippen LogP contribution in [0.3, 0.4) is 0 Å². The van der Waals surface area contributed by atoms with Crippen molar-refractivity contribution in [2.45, 2.75) is 38.3 Å². The summed E-state index contributed by atoms with van der Waals surface area (Å²) < 4.78 is 6.08. The number of benzene rings is 1. The molecule has 1 aromatic carbocycles. The standard InChI is InChI=1S/C17H24N2O2/c1-3-8-19-9-10-21-16-14-11-13(17(20)18-2)5-4-12(14)6-7-15(16)19/h4-5,11,15-16H,3,6-10H2,1-2H3,(H,18,20)/t15-,16-/m1/s1. The van der Waals surface area contributed by atoms with E-state index >= 15 is 0 Å². The number of carbonyl (C=O) groups excluding carboxylic acids is 1. The molecule has 1 saturated heterocycles. The van der Waals surface area contributed by atoms with Crippen LogP contribution in [0.15, 0.2) is 18.2 Å². The Morgan fingerprint density at radius 2 is 2.33 bits per heavy atom. The second-order valence-electron chi connectivity index (χ2n) is 5.93. The lowest BCUT2D eigenvalue weighted by Crippen LogP contribution is -2.49. The van der Waals surface area contributed by atoms with E-state index < -0.39 is 0 Å². The number of amides is 1. The summed E-state index contributed by atoms with van der Waals surface area (Å²) >= 11 is 0. The molecule has 0 aromatic heterocycles. The van der Waals surface area contributed by atoms with E-state index in [4.69, 9.17) is 4.74 Å². The molecule has 1 aromatic rings. The molecule has 1 N–H and O–H groups in total. The Balaban J connectivity index is 1.91. The van der Waals surface area contributed by atoms with Crippen LogP contribution >= 0.6 is 0 Å². The third kappa shape index (κ3) is 2.70. The minimum Gasteiger partial charge on any atom is -0.371 e. The zero-order valence-corrected chi connectivity index (χ0v) is 12.9. The molecule has 1 aliphatic heterocycles. The SMILES string of the molecule is CCCN1CCO[C@@H]2c3cc(C(=O)NC)ccc3CC[C@H]21. The summed E-state index contributed by atoms with van der Waals surface area (Å²) in [7, 11) is 1.67. The summed E-state index contributed by atoms with van der Waals surface area (Å²) in [5.41, 5.74) is 3.28. The van der Waals surface area contributed by atoms with E-state index in [1.54, 1.807) is 7.05 Å². The number of nitrogens with one attached hydrogen (secondary N) is 1. The monoisotopic (exact) mass is 288 g/mol. The van der Waals surface area contributed by atoms with Crippen molar-refractivity contribution in [3.8, 4) is 0 Å². The van der Waals surface area contributed by atoms with Crippen LogP contribution in [-0.2, 0) is 11.2 Å². The second-order valence-corrected chi connectivity index (χ2v) is 5.93. The average Bonchev–Trinajstić information content (AvgIpc) is 2.54. The van der Waals surface area contributed by atoms with Gasteiger partial charge in [0.05, 0.1) is 12.7 Å². The van der Waals surface area contributed by atoms with Crippen LogP contribution in [0.4, 0.5) is 0 Å². The minimum absolute atomic E-state index is 0.0267. The molecule has 0 unspecified atom stereocenters. The fourth-order valence-corrected chi connectivity index (χ4v) is 3.64. The van der Waals surface area contributed by atoms with Gasteiger partial charge in [0.1, 0.15) is 0 Å². The quantitative estimate of drug-likeness (QED) is 0.926. The number of fused-ring (bicyclic) bond motifs is 3. The normalized spacial score (nSPS) is 25.0. The molecule has 3 rings (SSSR count). The molecule has 1 aliphatic carbocycles. The van der Waals surface area contributed by atoms with Gasteiger partial charge >= 0.3 is 0 Å². The first kappa shape index (κ1) is 14.5. The zero-order chi connectivity index (χ0) is 14.8. The molecule has 1 fully saturated rings. The van der Waals surface area contributed by atoms with Gasteiger partial charge in [-0.15, -0.1) is 0 Å². The maximum absolute atomic E-state index is 11.9. The lowest BCUT2D eigenvalue weighted by molar-refractivity contribution is -0.0801. The largest absolute Gasteiger partial charge is 0.371 e. The van der Waals surface area contributed by atoms with Crippen molar-refractivity contribution in [3.63, 3.8) is 0 Å².